The summed E-state index contributed by atoms with van der Waals surface area (Å²) >= 11 is 1.74. The van der Waals surface area contributed by atoms with Crippen molar-refractivity contribution in [2.45, 2.75) is 25.8 Å². The lowest BCUT2D eigenvalue weighted by atomic mass is 10.1. The fraction of sp³-hybridized carbons (Fsp3) is 0.800. The molecule has 1 fully saturated rings. The van der Waals surface area contributed by atoms with E-state index in [1.165, 1.54) is 0 Å². The summed E-state index contributed by atoms with van der Waals surface area (Å²) in [4.78, 5) is 24.5. The number of carbonyl (C=O) groups is 2. The van der Waals surface area contributed by atoms with E-state index in [0.29, 0.717) is 25.3 Å². The zero-order valence-electron chi connectivity index (χ0n) is 9.23. The highest BCUT2D eigenvalue weighted by atomic mass is 32.2. The Morgan fingerprint density at radius 3 is 2.87 bits per heavy atom. The molecule has 0 bridgehead atoms. The minimum absolute atomic E-state index is 0.0692. The van der Waals surface area contributed by atoms with Crippen LogP contribution < -0.4 is 5.73 Å². The van der Waals surface area contributed by atoms with Crippen LogP contribution in [0.4, 0.5) is 0 Å². The fourth-order valence-corrected chi connectivity index (χ4v) is 2.73. The van der Waals surface area contributed by atoms with Crippen molar-refractivity contribution in [2.75, 3.05) is 18.6 Å². The van der Waals surface area contributed by atoms with Gasteiger partial charge in [-0.05, 0) is 24.3 Å². The van der Waals surface area contributed by atoms with Crippen molar-refractivity contribution in [3.05, 3.63) is 0 Å². The van der Waals surface area contributed by atoms with Crippen molar-refractivity contribution in [1.29, 1.82) is 0 Å². The molecule has 0 aromatic heterocycles. The molecule has 0 spiro atoms. The van der Waals surface area contributed by atoms with Crippen LogP contribution in [0.15, 0.2) is 0 Å². The van der Waals surface area contributed by atoms with Gasteiger partial charge in [-0.3, -0.25) is 9.59 Å². The summed E-state index contributed by atoms with van der Waals surface area (Å²) in [5.74, 6) is 1.02. The molecule has 1 heterocycles. The van der Waals surface area contributed by atoms with Crippen LogP contribution in [0.2, 0.25) is 0 Å². The molecule has 0 aromatic rings. The quantitative estimate of drug-likeness (QED) is 0.746. The Labute approximate surface area is 94.6 Å². The van der Waals surface area contributed by atoms with E-state index in [0.717, 1.165) is 5.75 Å². The molecule has 86 valence electrons. The topological polar surface area (TPSA) is 63.4 Å². The van der Waals surface area contributed by atoms with E-state index in [2.05, 4.69) is 0 Å². The van der Waals surface area contributed by atoms with Gasteiger partial charge in [-0.15, -0.1) is 0 Å². The van der Waals surface area contributed by atoms with Crippen LogP contribution in [0.3, 0.4) is 0 Å². The molecule has 5 heteroatoms. The van der Waals surface area contributed by atoms with Gasteiger partial charge in [0, 0.05) is 13.0 Å². The van der Waals surface area contributed by atoms with Gasteiger partial charge in [0.2, 0.25) is 11.8 Å². The zero-order chi connectivity index (χ0) is 11.4. The molecule has 0 radical (unpaired) electrons. The Kier molecular flexibility index (Phi) is 4.45. The van der Waals surface area contributed by atoms with Gasteiger partial charge in [-0.1, -0.05) is 6.92 Å². The van der Waals surface area contributed by atoms with E-state index in [9.17, 15) is 9.59 Å². The highest BCUT2D eigenvalue weighted by molar-refractivity contribution is 7.98. The standard InChI is InChI=1S/C10H18N2O2S/c1-3-8(10(11)14)12-5-7(6-15-2)4-9(12)13/h7-8H,3-6H2,1-2H3,(H2,11,14)/t7-,8-/m1/s1. The summed E-state index contributed by atoms with van der Waals surface area (Å²) in [6.07, 6.45) is 3.19. The highest BCUT2D eigenvalue weighted by Crippen LogP contribution is 2.23. The Balaban J connectivity index is 2.63. The lowest BCUT2D eigenvalue weighted by molar-refractivity contribution is -0.136. The maximum atomic E-state index is 11.7. The van der Waals surface area contributed by atoms with Crippen LogP contribution in [-0.4, -0.2) is 41.3 Å². The number of rotatable bonds is 5. The van der Waals surface area contributed by atoms with E-state index in [-0.39, 0.29) is 5.91 Å². The van der Waals surface area contributed by atoms with Crippen LogP contribution in [-0.2, 0) is 9.59 Å². The van der Waals surface area contributed by atoms with Gasteiger partial charge in [-0.25, -0.2) is 0 Å². The molecular weight excluding hydrogens is 212 g/mol. The first-order chi connectivity index (χ1) is 7.10. The molecule has 1 saturated heterocycles. The van der Waals surface area contributed by atoms with Gasteiger partial charge in [0.1, 0.15) is 6.04 Å². The van der Waals surface area contributed by atoms with E-state index in [4.69, 9.17) is 5.73 Å². The predicted octanol–water partition coefficient (Wildman–Crippen LogP) is 0.462. The van der Waals surface area contributed by atoms with Gasteiger partial charge >= 0.3 is 0 Å². The van der Waals surface area contributed by atoms with Gasteiger partial charge in [0.15, 0.2) is 0 Å². The second-order valence-electron chi connectivity index (χ2n) is 3.90. The number of likely N-dealkylation sites (tertiary alicyclic amines) is 1. The summed E-state index contributed by atoms with van der Waals surface area (Å²) < 4.78 is 0. The number of thioether (sulfide) groups is 1. The molecule has 0 aromatic carbocycles. The molecule has 2 N–H and O–H groups in total. The molecule has 15 heavy (non-hydrogen) atoms. The predicted molar refractivity (Wildman–Crippen MR) is 61.5 cm³/mol. The first-order valence-electron chi connectivity index (χ1n) is 5.17. The molecule has 2 atom stereocenters. The maximum Gasteiger partial charge on any atom is 0.240 e. The molecular formula is C10H18N2O2S. The largest absolute Gasteiger partial charge is 0.368 e. The Morgan fingerprint density at radius 1 is 1.73 bits per heavy atom. The number of primary amides is 1. The van der Waals surface area contributed by atoms with Gasteiger partial charge < -0.3 is 10.6 Å². The molecule has 1 aliphatic heterocycles. The minimum atomic E-state index is -0.413. The van der Waals surface area contributed by atoms with Crippen molar-refractivity contribution >= 4 is 23.6 Å². The molecule has 0 saturated carbocycles. The molecule has 0 aliphatic carbocycles. The average Bonchev–Trinajstić information content (AvgIpc) is 2.49. The van der Waals surface area contributed by atoms with Crippen molar-refractivity contribution in [1.82, 2.24) is 4.90 Å². The van der Waals surface area contributed by atoms with Crippen molar-refractivity contribution < 1.29 is 9.59 Å². The van der Waals surface area contributed by atoms with Crippen LogP contribution in [0.5, 0.6) is 0 Å². The number of nitrogens with zero attached hydrogens (tertiary/aromatic N) is 1. The molecule has 1 rings (SSSR count). The number of nitrogens with two attached hydrogens (primary N) is 1. The SMILES string of the molecule is CC[C@H](C(N)=O)N1C[C@H](CSC)CC1=O. The van der Waals surface area contributed by atoms with E-state index < -0.39 is 11.9 Å². The Bertz CT molecular complexity index is 258. The van der Waals surface area contributed by atoms with Crippen LogP contribution in [0.1, 0.15) is 19.8 Å². The van der Waals surface area contributed by atoms with Crippen molar-refractivity contribution in [2.24, 2.45) is 11.7 Å². The van der Waals surface area contributed by atoms with Crippen molar-refractivity contribution in [3.63, 3.8) is 0 Å². The monoisotopic (exact) mass is 230 g/mol. The third-order valence-electron chi connectivity index (χ3n) is 2.73. The third-order valence-corrected chi connectivity index (χ3v) is 3.54. The number of hydrogen-bond acceptors (Lipinski definition) is 3. The van der Waals surface area contributed by atoms with E-state index >= 15 is 0 Å². The molecule has 0 unspecified atom stereocenters. The lowest BCUT2D eigenvalue weighted by Gasteiger charge is -2.24. The van der Waals surface area contributed by atoms with Gasteiger partial charge in [0.05, 0.1) is 0 Å². The number of carbonyl (C=O) groups excluding carboxylic acids is 2. The molecule has 1 aliphatic rings. The number of hydrogen-bond donors (Lipinski definition) is 1. The summed E-state index contributed by atoms with van der Waals surface area (Å²) in [5, 5.41) is 0. The zero-order valence-corrected chi connectivity index (χ0v) is 10.0. The van der Waals surface area contributed by atoms with Gasteiger partial charge in [0.25, 0.3) is 0 Å². The molecule has 4 nitrogen and oxygen atoms in total. The summed E-state index contributed by atoms with van der Waals surface area (Å²) in [6, 6.07) is -0.413. The summed E-state index contributed by atoms with van der Waals surface area (Å²) in [7, 11) is 0. The molecule has 2 amide bonds. The Morgan fingerprint density at radius 2 is 2.40 bits per heavy atom. The first kappa shape index (κ1) is 12.4. The van der Waals surface area contributed by atoms with Gasteiger partial charge in [-0.2, -0.15) is 11.8 Å². The summed E-state index contributed by atoms with van der Waals surface area (Å²) in [5.41, 5.74) is 5.27. The van der Waals surface area contributed by atoms with E-state index in [1.807, 2.05) is 13.2 Å². The number of amides is 2. The fourth-order valence-electron chi connectivity index (χ4n) is 2.03. The third kappa shape index (κ3) is 2.87. The van der Waals surface area contributed by atoms with Crippen LogP contribution in [0, 0.1) is 5.92 Å². The first-order valence-corrected chi connectivity index (χ1v) is 6.57. The highest BCUT2D eigenvalue weighted by Gasteiger charge is 2.35. The Hall–Kier alpha value is -0.710. The maximum absolute atomic E-state index is 11.7. The average molecular weight is 230 g/mol. The second-order valence-corrected chi connectivity index (χ2v) is 4.81. The van der Waals surface area contributed by atoms with Crippen LogP contribution >= 0.6 is 11.8 Å². The minimum Gasteiger partial charge on any atom is -0.368 e. The van der Waals surface area contributed by atoms with E-state index in [1.54, 1.807) is 16.7 Å². The summed E-state index contributed by atoms with van der Waals surface area (Å²) in [6.45, 7) is 2.56. The smallest absolute Gasteiger partial charge is 0.240 e. The van der Waals surface area contributed by atoms with Crippen LogP contribution in [0.25, 0.3) is 0 Å². The second kappa shape index (κ2) is 5.39. The lowest BCUT2D eigenvalue weighted by Crippen LogP contribution is -2.45. The normalized spacial score (nSPS) is 23.2. The van der Waals surface area contributed by atoms with Crippen molar-refractivity contribution in [3.8, 4) is 0 Å².